The molecule has 1 aromatic carbocycles. The smallest absolute Gasteiger partial charge is 0.237 e. The maximum Gasteiger partial charge on any atom is 0.237 e. The van der Waals surface area contributed by atoms with Crippen LogP contribution in [-0.4, -0.2) is 31.2 Å². The summed E-state index contributed by atoms with van der Waals surface area (Å²) in [4.78, 5) is 12.4. The second-order valence-corrected chi connectivity index (χ2v) is 5.73. The molecule has 108 valence electrons. The predicted octanol–water partition coefficient (Wildman–Crippen LogP) is 1.38. The van der Waals surface area contributed by atoms with E-state index in [1.807, 2.05) is 12.1 Å². The van der Waals surface area contributed by atoms with Crippen LogP contribution in [0.3, 0.4) is 0 Å². The Labute approximate surface area is 119 Å². The quantitative estimate of drug-likeness (QED) is 0.875. The number of benzene rings is 1. The van der Waals surface area contributed by atoms with Gasteiger partial charge in [0, 0.05) is 13.7 Å². The third-order valence-electron chi connectivity index (χ3n) is 4.48. The van der Waals surface area contributed by atoms with Crippen molar-refractivity contribution in [2.75, 3.05) is 7.11 Å². The Morgan fingerprint density at radius 1 is 1.30 bits per heavy atom. The molecule has 2 aliphatic rings. The van der Waals surface area contributed by atoms with Gasteiger partial charge in [0.05, 0.1) is 18.2 Å². The zero-order chi connectivity index (χ0) is 13.9. The highest BCUT2D eigenvalue weighted by Gasteiger charge is 2.31. The van der Waals surface area contributed by atoms with E-state index < -0.39 is 0 Å². The highest BCUT2D eigenvalue weighted by molar-refractivity contribution is 5.82. The van der Waals surface area contributed by atoms with Crippen molar-refractivity contribution in [3.63, 3.8) is 0 Å². The molecular weight excluding hydrogens is 252 g/mol. The van der Waals surface area contributed by atoms with E-state index in [1.165, 1.54) is 11.1 Å². The van der Waals surface area contributed by atoms with Gasteiger partial charge in [-0.05, 0) is 36.8 Å². The highest BCUT2D eigenvalue weighted by Crippen LogP contribution is 2.22. The molecule has 1 heterocycles. The van der Waals surface area contributed by atoms with E-state index in [1.54, 1.807) is 7.11 Å². The van der Waals surface area contributed by atoms with Crippen molar-refractivity contribution in [2.45, 2.75) is 50.4 Å². The molecule has 2 N–H and O–H groups in total. The van der Waals surface area contributed by atoms with Gasteiger partial charge in [-0.1, -0.05) is 24.3 Å². The standard InChI is InChI=1S/C16H22N2O2/c1-20-15-8-4-7-13(15)18-16(19)14-9-11-5-2-3-6-12(11)10-17-14/h2-3,5-6,13-15,17H,4,7-10H2,1H3,(H,18,19)/t13?,14-,15?/m0/s1. The van der Waals surface area contributed by atoms with Crippen molar-refractivity contribution in [1.29, 1.82) is 0 Å². The molecule has 1 aromatic rings. The number of hydrogen-bond donors (Lipinski definition) is 2. The van der Waals surface area contributed by atoms with Crippen LogP contribution in [0.25, 0.3) is 0 Å². The van der Waals surface area contributed by atoms with Gasteiger partial charge in [0.2, 0.25) is 5.91 Å². The van der Waals surface area contributed by atoms with E-state index >= 15 is 0 Å². The maximum atomic E-state index is 12.4. The lowest BCUT2D eigenvalue weighted by Gasteiger charge is -2.28. The van der Waals surface area contributed by atoms with Gasteiger partial charge in [0.15, 0.2) is 0 Å². The van der Waals surface area contributed by atoms with Crippen molar-refractivity contribution in [1.82, 2.24) is 10.6 Å². The molecule has 0 saturated heterocycles. The summed E-state index contributed by atoms with van der Waals surface area (Å²) in [6.45, 7) is 0.770. The van der Waals surface area contributed by atoms with Crippen molar-refractivity contribution in [2.24, 2.45) is 0 Å². The van der Waals surface area contributed by atoms with Crippen molar-refractivity contribution >= 4 is 5.91 Å². The molecule has 0 spiro atoms. The van der Waals surface area contributed by atoms with Gasteiger partial charge in [0.1, 0.15) is 0 Å². The first-order valence-electron chi connectivity index (χ1n) is 7.41. The molecular formula is C16H22N2O2. The van der Waals surface area contributed by atoms with Gasteiger partial charge in [-0.15, -0.1) is 0 Å². The number of fused-ring (bicyclic) bond motifs is 1. The Morgan fingerprint density at radius 2 is 2.10 bits per heavy atom. The summed E-state index contributed by atoms with van der Waals surface area (Å²) < 4.78 is 5.43. The minimum Gasteiger partial charge on any atom is -0.379 e. The van der Waals surface area contributed by atoms with Gasteiger partial charge >= 0.3 is 0 Å². The molecule has 0 bridgehead atoms. The predicted molar refractivity (Wildman–Crippen MR) is 77.4 cm³/mol. The van der Waals surface area contributed by atoms with Crippen LogP contribution in [0.15, 0.2) is 24.3 Å². The molecule has 3 rings (SSSR count). The summed E-state index contributed by atoms with van der Waals surface area (Å²) in [5.74, 6) is 0.105. The van der Waals surface area contributed by atoms with Crippen LogP contribution in [0, 0.1) is 0 Å². The van der Waals surface area contributed by atoms with Crippen LogP contribution in [0.1, 0.15) is 30.4 Å². The molecule has 0 aromatic heterocycles. The lowest BCUT2D eigenvalue weighted by atomic mass is 9.95. The number of ether oxygens (including phenoxy) is 1. The SMILES string of the molecule is COC1CCCC1NC(=O)[C@@H]1Cc2ccccc2CN1. The second kappa shape index (κ2) is 5.94. The van der Waals surface area contributed by atoms with Gasteiger partial charge in [-0.2, -0.15) is 0 Å². The highest BCUT2D eigenvalue weighted by atomic mass is 16.5. The van der Waals surface area contributed by atoms with Gasteiger partial charge in [-0.3, -0.25) is 4.79 Å². The first kappa shape index (κ1) is 13.6. The van der Waals surface area contributed by atoms with E-state index in [0.717, 1.165) is 32.2 Å². The Kier molecular flexibility index (Phi) is 4.03. The number of nitrogens with one attached hydrogen (secondary N) is 2. The number of carbonyl (C=O) groups is 1. The summed E-state index contributed by atoms with van der Waals surface area (Å²) in [5.41, 5.74) is 2.58. The van der Waals surface area contributed by atoms with Gasteiger partial charge < -0.3 is 15.4 Å². The van der Waals surface area contributed by atoms with Crippen LogP contribution < -0.4 is 10.6 Å². The summed E-state index contributed by atoms with van der Waals surface area (Å²) in [5, 5.41) is 6.48. The fraction of sp³-hybridized carbons (Fsp3) is 0.562. The Morgan fingerprint density at radius 3 is 2.90 bits per heavy atom. The van der Waals surface area contributed by atoms with Crippen LogP contribution in [-0.2, 0) is 22.5 Å². The average molecular weight is 274 g/mol. The first-order valence-corrected chi connectivity index (χ1v) is 7.41. The Hall–Kier alpha value is -1.39. The van der Waals surface area contributed by atoms with Gasteiger partial charge in [0.25, 0.3) is 0 Å². The number of rotatable bonds is 3. The molecule has 3 atom stereocenters. The number of methoxy groups -OCH3 is 1. The fourth-order valence-electron chi connectivity index (χ4n) is 3.30. The lowest BCUT2D eigenvalue weighted by molar-refractivity contribution is -0.124. The van der Waals surface area contributed by atoms with Crippen LogP contribution in [0.5, 0.6) is 0 Å². The topological polar surface area (TPSA) is 50.4 Å². The fourth-order valence-corrected chi connectivity index (χ4v) is 3.30. The maximum absolute atomic E-state index is 12.4. The number of hydrogen-bond acceptors (Lipinski definition) is 3. The number of carbonyl (C=O) groups excluding carboxylic acids is 1. The normalized spacial score (nSPS) is 28.9. The van der Waals surface area contributed by atoms with Gasteiger partial charge in [-0.25, -0.2) is 0 Å². The molecule has 1 saturated carbocycles. The van der Waals surface area contributed by atoms with Crippen molar-refractivity contribution < 1.29 is 9.53 Å². The van der Waals surface area contributed by atoms with E-state index in [0.29, 0.717) is 0 Å². The van der Waals surface area contributed by atoms with Crippen molar-refractivity contribution in [3.8, 4) is 0 Å². The molecule has 0 radical (unpaired) electrons. The van der Waals surface area contributed by atoms with E-state index in [9.17, 15) is 4.79 Å². The third-order valence-corrected chi connectivity index (χ3v) is 4.48. The summed E-state index contributed by atoms with van der Waals surface area (Å²) in [7, 11) is 1.73. The summed E-state index contributed by atoms with van der Waals surface area (Å²) in [6, 6.07) is 8.37. The Balaban J connectivity index is 1.61. The third kappa shape index (κ3) is 2.72. The largest absolute Gasteiger partial charge is 0.379 e. The minimum atomic E-state index is -0.122. The zero-order valence-corrected chi connectivity index (χ0v) is 11.9. The molecule has 4 heteroatoms. The van der Waals surface area contributed by atoms with Crippen molar-refractivity contribution in [3.05, 3.63) is 35.4 Å². The van der Waals surface area contributed by atoms with E-state index in [4.69, 9.17) is 4.74 Å². The molecule has 1 aliphatic heterocycles. The minimum absolute atomic E-state index is 0.105. The van der Waals surface area contributed by atoms with E-state index in [2.05, 4.69) is 22.8 Å². The zero-order valence-electron chi connectivity index (χ0n) is 11.9. The molecule has 2 unspecified atom stereocenters. The average Bonchev–Trinajstić information content (AvgIpc) is 2.94. The lowest BCUT2D eigenvalue weighted by Crippen LogP contribution is -2.52. The van der Waals surface area contributed by atoms with Crippen LogP contribution in [0.4, 0.5) is 0 Å². The molecule has 20 heavy (non-hydrogen) atoms. The molecule has 1 fully saturated rings. The summed E-state index contributed by atoms with van der Waals surface area (Å²) in [6.07, 6.45) is 4.14. The molecule has 1 aliphatic carbocycles. The molecule has 1 amide bonds. The Bertz CT molecular complexity index is 489. The van der Waals surface area contributed by atoms with E-state index in [-0.39, 0.29) is 24.1 Å². The second-order valence-electron chi connectivity index (χ2n) is 5.73. The van der Waals surface area contributed by atoms with Crippen LogP contribution in [0.2, 0.25) is 0 Å². The summed E-state index contributed by atoms with van der Waals surface area (Å²) >= 11 is 0. The number of amides is 1. The monoisotopic (exact) mass is 274 g/mol. The first-order chi connectivity index (χ1) is 9.78. The molecule has 4 nitrogen and oxygen atoms in total. The van der Waals surface area contributed by atoms with Crippen LogP contribution >= 0.6 is 0 Å².